The van der Waals surface area contributed by atoms with E-state index in [0.717, 1.165) is 13.0 Å². The smallest absolute Gasteiger partial charge is 0.271 e. The molecule has 0 aromatic carbocycles. The van der Waals surface area contributed by atoms with Gasteiger partial charge in [-0.15, -0.1) is 0 Å². The lowest BCUT2D eigenvalue weighted by atomic mass is 10.2. The van der Waals surface area contributed by atoms with Crippen molar-refractivity contribution in [2.75, 3.05) is 11.0 Å². The number of aromatic nitrogens is 2. The predicted octanol–water partition coefficient (Wildman–Crippen LogP) is 1.76. The first kappa shape index (κ1) is 12.5. The number of amides is 1. The highest BCUT2D eigenvalue weighted by Crippen LogP contribution is 1.98. The molecule has 84 valence electrons. The van der Waals surface area contributed by atoms with Gasteiger partial charge in [0.2, 0.25) is 0 Å². The van der Waals surface area contributed by atoms with E-state index in [9.17, 15) is 4.79 Å². The van der Waals surface area contributed by atoms with E-state index in [0.29, 0.717) is 5.69 Å². The third-order valence-corrected chi connectivity index (χ3v) is 2.81. The molecule has 0 fully saturated rings. The Hall–Kier alpha value is -0.590. The van der Waals surface area contributed by atoms with Crippen molar-refractivity contribution in [3.8, 4) is 0 Å². The summed E-state index contributed by atoms with van der Waals surface area (Å²) in [5, 5.41) is 6.88. The first-order valence-electron chi connectivity index (χ1n) is 5.08. The normalized spacial score (nSPS) is 10.3. The topological polar surface area (TPSA) is 46.9 Å². The van der Waals surface area contributed by atoms with E-state index in [1.165, 1.54) is 17.3 Å². The van der Waals surface area contributed by atoms with E-state index >= 15 is 0 Å². The summed E-state index contributed by atoms with van der Waals surface area (Å²) in [4.78, 5) is 11.5. The third kappa shape index (κ3) is 4.63. The first-order valence-corrected chi connectivity index (χ1v) is 6.60. The lowest BCUT2D eigenvalue weighted by molar-refractivity contribution is 0.0947. The second kappa shape index (κ2) is 6.81. The second-order valence-electron chi connectivity index (χ2n) is 3.38. The van der Waals surface area contributed by atoms with Crippen molar-refractivity contribution in [3.63, 3.8) is 0 Å². The maximum absolute atomic E-state index is 11.5. The fraction of sp³-hybridized carbons (Fsp3) is 0.600. The van der Waals surface area contributed by atoms with Crippen LogP contribution in [0.5, 0.6) is 0 Å². The van der Waals surface area contributed by atoms with E-state index in [1.807, 2.05) is 0 Å². The minimum absolute atomic E-state index is 0.0786. The van der Waals surface area contributed by atoms with Gasteiger partial charge < -0.3 is 5.32 Å². The Morgan fingerprint density at radius 1 is 1.53 bits per heavy atom. The van der Waals surface area contributed by atoms with Crippen LogP contribution in [0.25, 0.3) is 0 Å². The zero-order valence-corrected chi connectivity index (χ0v) is 11.0. The van der Waals surface area contributed by atoms with Crippen molar-refractivity contribution in [1.82, 2.24) is 15.1 Å². The van der Waals surface area contributed by atoms with Crippen LogP contribution in [0.3, 0.4) is 0 Å². The summed E-state index contributed by atoms with van der Waals surface area (Å²) in [6, 6.07) is 1.72. The molecule has 0 bridgehead atoms. The van der Waals surface area contributed by atoms with E-state index in [4.69, 9.17) is 0 Å². The summed E-state index contributed by atoms with van der Waals surface area (Å²) in [6.07, 6.45) is 5.21. The van der Waals surface area contributed by atoms with Gasteiger partial charge in [-0.2, -0.15) is 5.10 Å². The van der Waals surface area contributed by atoms with Crippen LogP contribution in [0.15, 0.2) is 12.3 Å². The van der Waals surface area contributed by atoms with Gasteiger partial charge in [0.05, 0.1) is 0 Å². The van der Waals surface area contributed by atoms with Gasteiger partial charge in [-0.05, 0) is 23.3 Å². The number of rotatable bonds is 6. The lowest BCUT2D eigenvalue weighted by Crippen LogP contribution is -2.25. The number of nitrogens with one attached hydrogen (secondary N) is 1. The van der Waals surface area contributed by atoms with Gasteiger partial charge in [0.25, 0.3) is 5.91 Å². The molecule has 0 radical (unpaired) electrons. The largest absolute Gasteiger partial charge is 0.351 e. The first-order chi connectivity index (χ1) is 7.24. The molecule has 0 aliphatic rings. The van der Waals surface area contributed by atoms with Crippen LogP contribution in [0.1, 0.15) is 29.8 Å². The fourth-order valence-corrected chi connectivity index (χ4v) is 1.76. The Bertz CT molecular complexity index is 311. The summed E-state index contributed by atoms with van der Waals surface area (Å²) in [6.45, 7) is 0.742. The minimum Gasteiger partial charge on any atom is -0.351 e. The summed E-state index contributed by atoms with van der Waals surface area (Å²) in [7, 11) is 1.80. The van der Waals surface area contributed by atoms with E-state index in [2.05, 4.69) is 33.0 Å². The van der Waals surface area contributed by atoms with Crippen molar-refractivity contribution in [1.29, 1.82) is 0 Å². The van der Waals surface area contributed by atoms with Gasteiger partial charge in [0, 0.05) is 19.8 Å². The highest BCUT2D eigenvalue weighted by molar-refractivity contribution is 14.1. The molecule has 4 nitrogen and oxygen atoms in total. The molecule has 1 aromatic heterocycles. The highest BCUT2D eigenvalue weighted by atomic mass is 127. The summed E-state index contributed by atoms with van der Waals surface area (Å²) in [5.41, 5.74) is 0.492. The maximum Gasteiger partial charge on any atom is 0.271 e. The molecule has 15 heavy (non-hydrogen) atoms. The van der Waals surface area contributed by atoms with Crippen LogP contribution < -0.4 is 5.32 Å². The summed E-state index contributed by atoms with van der Waals surface area (Å²) >= 11 is 2.36. The number of hydrogen-bond acceptors (Lipinski definition) is 2. The van der Waals surface area contributed by atoms with Gasteiger partial charge in [-0.1, -0.05) is 29.0 Å². The number of halogens is 1. The molecule has 1 amide bonds. The second-order valence-corrected chi connectivity index (χ2v) is 4.46. The Morgan fingerprint density at radius 2 is 2.33 bits per heavy atom. The summed E-state index contributed by atoms with van der Waals surface area (Å²) in [5.74, 6) is -0.0786. The van der Waals surface area contributed by atoms with Crippen molar-refractivity contribution < 1.29 is 4.79 Å². The van der Waals surface area contributed by atoms with Gasteiger partial charge in [-0.25, -0.2) is 0 Å². The standard InChI is InChI=1S/C10H16IN3O/c1-14-8-5-9(13-14)10(15)12-7-4-2-3-6-11/h5,8H,2-4,6-7H2,1H3,(H,12,15). The van der Waals surface area contributed by atoms with Crippen LogP contribution in [-0.2, 0) is 7.05 Å². The number of nitrogens with zero attached hydrogens (tertiary/aromatic N) is 2. The molecular weight excluding hydrogens is 305 g/mol. The number of hydrogen-bond donors (Lipinski definition) is 1. The summed E-state index contributed by atoms with van der Waals surface area (Å²) < 4.78 is 2.82. The molecular formula is C10H16IN3O. The molecule has 0 saturated carbocycles. The molecule has 1 rings (SSSR count). The molecule has 0 unspecified atom stereocenters. The molecule has 0 spiro atoms. The third-order valence-electron chi connectivity index (χ3n) is 2.04. The molecule has 1 N–H and O–H groups in total. The van der Waals surface area contributed by atoms with E-state index in [-0.39, 0.29) is 5.91 Å². The monoisotopic (exact) mass is 321 g/mol. The highest BCUT2D eigenvalue weighted by Gasteiger charge is 2.06. The average molecular weight is 321 g/mol. The van der Waals surface area contributed by atoms with Gasteiger partial charge >= 0.3 is 0 Å². The SMILES string of the molecule is Cn1ccc(C(=O)NCCCCCI)n1. The number of carbonyl (C=O) groups excluding carboxylic acids is 1. The molecule has 0 aliphatic carbocycles. The fourth-order valence-electron chi connectivity index (χ4n) is 1.22. The van der Waals surface area contributed by atoms with Gasteiger partial charge in [0.15, 0.2) is 0 Å². The Balaban J connectivity index is 2.19. The van der Waals surface area contributed by atoms with Crippen LogP contribution >= 0.6 is 22.6 Å². The maximum atomic E-state index is 11.5. The predicted molar refractivity (Wildman–Crippen MR) is 68.3 cm³/mol. The van der Waals surface area contributed by atoms with Crippen molar-refractivity contribution >= 4 is 28.5 Å². The zero-order chi connectivity index (χ0) is 11.1. The molecule has 0 saturated heterocycles. The molecule has 1 heterocycles. The Kier molecular flexibility index (Phi) is 5.67. The molecule has 0 atom stereocenters. The van der Waals surface area contributed by atoms with Crippen LogP contribution in [0, 0.1) is 0 Å². The number of carbonyl (C=O) groups is 1. The Morgan fingerprint density at radius 3 is 2.93 bits per heavy atom. The van der Waals surface area contributed by atoms with Crippen molar-refractivity contribution in [2.45, 2.75) is 19.3 Å². The number of alkyl halides is 1. The molecule has 0 aliphatic heterocycles. The molecule has 1 aromatic rings. The van der Waals surface area contributed by atoms with Crippen molar-refractivity contribution in [2.24, 2.45) is 7.05 Å². The quantitative estimate of drug-likeness (QED) is 0.493. The van der Waals surface area contributed by atoms with Gasteiger partial charge in [0.1, 0.15) is 5.69 Å². The lowest BCUT2D eigenvalue weighted by Gasteiger charge is -2.01. The van der Waals surface area contributed by atoms with Crippen LogP contribution in [0.2, 0.25) is 0 Å². The van der Waals surface area contributed by atoms with Crippen LogP contribution in [0.4, 0.5) is 0 Å². The van der Waals surface area contributed by atoms with Crippen LogP contribution in [-0.4, -0.2) is 26.7 Å². The number of unbranched alkanes of at least 4 members (excludes halogenated alkanes) is 2. The molecule has 5 heteroatoms. The number of aryl methyl sites for hydroxylation is 1. The van der Waals surface area contributed by atoms with E-state index < -0.39 is 0 Å². The minimum atomic E-state index is -0.0786. The zero-order valence-electron chi connectivity index (χ0n) is 8.87. The van der Waals surface area contributed by atoms with Crippen molar-refractivity contribution in [3.05, 3.63) is 18.0 Å². The van der Waals surface area contributed by atoms with Gasteiger partial charge in [-0.3, -0.25) is 9.48 Å². The average Bonchev–Trinajstić information content (AvgIpc) is 2.64. The Labute approximate surface area is 104 Å². The van der Waals surface area contributed by atoms with E-state index in [1.54, 1.807) is 24.0 Å².